The number of hydrogen-bond donors (Lipinski definition) is 1. The number of aliphatic hydroxyl groups is 1. The lowest BCUT2D eigenvalue weighted by atomic mass is 10.2. The van der Waals surface area contributed by atoms with E-state index in [2.05, 4.69) is 16.9 Å². The SMILES string of the molecule is O=[N+]([O-])c1ccccc1-n1cc(C#CCCO)cn1. The van der Waals surface area contributed by atoms with Gasteiger partial charge < -0.3 is 5.11 Å². The van der Waals surface area contributed by atoms with Crippen LogP contribution in [0.4, 0.5) is 5.69 Å². The Kier molecular flexibility index (Phi) is 3.90. The highest BCUT2D eigenvalue weighted by atomic mass is 16.6. The maximum atomic E-state index is 10.9. The Hall–Kier alpha value is -2.65. The van der Waals surface area contributed by atoms with Gasteiger partial charge >= 0.3 is 0 Å². The van der Waals surface area contributed by atoms with Gasteiger partial charge in [0.2, 0.25) is 0 Å². The smallest absolute Gasteiger partial charge is 0.294 e. The molecule has 2 rings (SSSR count). The highest BCUT2D eigenvalue weighted by molar-refractivity contribution is 5.52. The third-order valence-electron chi connectivity index (χ3n) is 2.38. The summed E-state index contributed by atoms with van der Waals surface area (Å²) < 4.78 is 1.42. The molecule has 6 nitrogen and oxygen atoms in total. The Labute approximate surface area is 109 Å². The Balaban J connectivity index is 2.34. The van der Waals surface area contributed by atoms with Gasteiger partial charge in [0.1, 0.15) is 5.69 Å². The van der Waals surface area contributed by atoms with Gasteiger partial charge in [-0.05, 0) is 6.07 Å². The Morgan fingerprint density at radius 1 is 1.42 bits per heavy atom. The molecule has 0 bridgehead atoms. The summed E-state index contributed by atoms with van der Waals surface area (Å²) in [6, 6.07) is 6.36. The average molecular weight is 257 g/mol. The van der Waals surface area contributed by atoms with E-state index >= 15 is 0 Å². The molecule has 0 aliphatic rings. The lowest BCUT2D eigenvalue weighted by Crippen LogP contribution is -1.99. The van der Waals surface area contributed by atoms with Crippen molar-refractivity contribution in [3.05, 3.63) is 52.3 Å². The number of nitro groups is 1. The highest BCUT2D eigenvalue weighted by Crippen LogP contribution is 2.21. The van der Waals surface area contributed by atoms with Crippen LogP contribution in [-0.4, -0.2) is 26.4 Å². The zero-order chi connectivity index (χ0) is 13.7. The minimum atomic E-state index is -0.450. The molecule has 0 fully saturated rings. The highest BCUT2D eigenvalue weighted by Gasteiger charge is 2.14. The predicted octanol–water partition coefficient (Wildman–Crippen LogP) is 1.51. The molecule has 0 unspecified atom stereocenters. The van der Waals surface area contributed by atoms with Crippen molar-refractivity contribution in [3.63, 3.8) is 0 Å². The molecule has 0 atom stereocenters. The molecular weight excluding hydrogens is 246 g/mol. The Morgan fingerprint density at radius 2 is 2.21 bits per heavy atom. The van der Waals surface area contributed by atoms with Gasteiger partial charge in [-0.3, -0.25) is 10.1 Å². The lowest BCUT2D eigenvalue weighted by Gasteiger charge is -2.01. The van der Waals surface area contributed by atoms with E-state index in [-0.39, 0.29) is 12.3 Å². The summed E-state index contributed by atoms with van der Waals surface area (Å²) in [5.74, 6) is 5.59. The van der Waals surface area contributed by atoms with Crippen molar-refractivity contribution in [3.8, 4) is 17.5 Å². The molecule has 0 spiro atoms. The van der Waals surface area contributed by atoms with Gasteiger partial charge in [-0.15, -0.1) is 0 Å². The van der Waals surface area contributed by atoms with E-state index in [0.717, 1.165) is 0 Å². The first-order valence-electron chi connectivity index (χ1n) is 5.60. The molecule has 6 heteroatoms. The standard InChI is InChI=1S/C13H11N3O3/c17-8-4-3-5-11-9-14-15(10-11)12-6-1-2-7-13(12)16(18)19/h1-2,6-7,9-10,17H,4,8H2. The third-order valence-corrected chi connectivity index (χ3v) is 2.38. The summed E-state index contributed by atoms with van der Waals surface area (Å²) in [5.41, 5.74) is 1.02. The Morgan fingerprint density at radius 3 is 2.95 bits per heavy atom. The summed E-state index contributed by atoms with van der Waals surface area (Å²) in [6.45, 7) is 0.00525. The maximum absolute atomic E-state index is 10.9. The molecule has 2 aromatic rings. The van der Waals surface area contributed by atoms with Gasteiger partial charge in [0.05, 0.1) is 23.3 Å². The minimum absolute atomic E-state index is 0.00525. The fraction of sp³-hybridized carbons (Fsp3) is 0.154. The second-order valence-electron chi connectivity index (χ2n) is 3.69. The molecule has 0 amide bonds. The van der Waals surface area contributed by atoms with Crippen LogP contribution < -0.4 is 0 Å². The molecule has 1 aromatic heterocycles. The molecular formula is C13H11N3O3. The monoisotopic (exact) mass is 257 g/mol. The number of benzene rings is 1. The van der Waals surface area contributed by atoms with Crippen molar-refractivity contribution in [1.29, 1.82) is 0 Å². The van der Waals surface area contributed by atoms with Crippen LogP contribution in [0.2, 0.25) is 0 Å². The molecule has 1 heterocycles. The zero-order valence-corrected chi connectivity index (χ0v) is 9.98. The van der Waals surface area contributed by atoms with Crippen LogP contribution in [0.15, 0.2) is 36.7 Å². The van der Waals surface area contributed by atoms with E-state index in [0.29, 0.717) is 17.7 Å². The van der Waals surface area contributed by atoms with Crippen LogP contribution in [0.25, 0.3) is 5.69 Å². The van der Waals surface area contributed by atoms with Crippen LogP contribution in [0.5, 0.6) is 0 Å². The van der Waals surface area contributed by atoms with Crippen LogP contribution in [0.3, 0.4) is 0 Å². The first-order valence-corrected chi connectivity index (χ1v) is 5.60. The molecule has 96 valence electrons. The molecule has 1 N–H and O–H groups in total. The van der Waals surface area contributed by atoms with Crippen molar-refractivity contribution in [2.45, 2.75) is 6.42 Å². The minimum Gasteiger partial charge on any atom is -0.395 e. The number of hydrogen-bond acceptors (Lipinski definition) is 4. The molecule has 1 aromatic carbocycles. The quantitative estimate of drug-likeness (QED) is 0.513. The van der Waals surface area contributed by atoms with Crippen LogP contribution in [-0.2, 0) is 0 Å². The van der Waals surface area contributed by atoms with Crippen molar-refractivity contribution in [2.24, 2.45) is 0 Å². The van der Waals surface area contributed by atoms with Gasteiger partial charge in [-0.2, -0.15) is 5.10 Å². The van der Waals surface area contributed by atoms with Gasteiger partial charge in [0, 0.05) is 18.7 Å². The normalized spacial score (nSPS) is 9.74. The fourth-order valence-corrected chi connectivity index (χ4v) is 1.55. The van der Waals surface area contributed by atoms with E-state index in [1.807, 2.05) is 0 Å². The molecule has 0 saturated carbocycles. The van der Waals surface area contributed by atoms with Crippen LogP contribution >= 0.6 is 0 Å². The van der Waals surface area contributed by atoms with E-state index in [9.17, 15) is 10.1 Å². The predicted molar refractivity (Wildman–Crippen MR) is 68.8 cm³/mol. The zero-order valence-electron chi connectivity index (χ0n) is 9.98. The second-order valence-corrected chi connectivity index (χ2v) is 3.69. The summed E-state index contributed by atoms with van der Waals surface area (Å²) >= 11 is 0. The van der Waals surface area contributed by atoms with E-state index in [1.54, 1.807) is 24.4 Å². The number of nitrogens with zero attached hydrogens (tertiary/aromatic N) is 3. The van der Waals surface area contributed by atoms with Gasteiger partial charge in [0.25, 0.3) is 5.69 Å². The van der Waals surface area contributed by atoms with Crippen molar-refractivity contribution >= 4 is 5.69 Å². The van der Waals surface area contributed by atoms with Crippen molar-refractivity contribution in [1.82, 2.24) is 9.78 Å². The van der Waals surface area contributed by atoms with Crippen molar-refractivity contribution < 1.29 is 10.0 Å². The second kappa shape index (κ2) is 5.80. The topological polar surface area (TPSA) is 81.2 Å². The Bertz CT molecular complexity index is 652. The van der Waals surface area contributed by atoms with Gasteiger partial charge in [-0.25, -0.2) is 4.68 Å². The van der Waals surface area contributed by atoms with E-state index < -0.39 is 4.92 Å². The summed E-state index contributed by atoms with van der Waals surface area (Å²) in [4.78, 5) is 10.5. The summed E-state index contributed by atoms with van der Waals surface area (Å²) in [7, 11) is 0. The van der Waals surface area contributed by atoms with Crippen molar-refractivity contribution in [2.75, 3.05) is 6.61 Å². The number of aliphatic hydroxyl groups excluding tert-OH is 1. The number of para-hydroxylation sites is 2. The summed E-state index contributed by atoms with van der Waals surface area (Å²) in [6.07, 6.45) is 3.53. The average Bonchev–Trinajstić information content (AvgIpc) is 2.88. The molecule has 0 radical (unpaired) electrons. The first-order chi connectivity index (χ1) is 9.22. The van der Waals surface area contributed by atoms with Crippen LogP contribution in [0, 0.1) is 22.0 Å². The first kappa shape index (κ1) is 12.8. The summed E-state index contributed by atoms with van der Waals surface area (Å²) in [5, 5.41) is 23.6. The largest absolute Gasteiger partial charge is 0.395 e. The molecule has 0 aliphatic heterocycles. The maximum Gasteiger partial charge on any atom is 0.294 e. The van der Waals surface area contributed by atoms with Gasteiger partial charge in [0.15, 0.2) is 0 Å². The van der Waals surface area contributed by atoms with Crippen LogP contribution in [0.1, 0.15) is 12.0 Å². The number of nitro benzene ring substituents is 1. The molecule has 19 heavy (non-hydrogen) atoms. The fourth-order valence-electron chi connectivity index (χ4n) is 1.55. The van der Waals surface area contributed by atoms with E-state index in [4.69, 9.17) is 5.11 Å². The lowest BCUT2D eigenvalue weighted by molar-refractivity contribution is -0.384. The third kappa shape index (κ3) is 2.97. The van der Waals surface area contributed by atoms with Gasteiger partial charge in [-0.1, -0.05) is 24.0 Å². The molecule has 0 aliphatic carbocycles. The van der Waals surface area contributed by atoms with E-state index in [1.165, 1.54) is 16.9 Å². The molecule has 0 saturated heterocycles. The number of aromatic nitrogens is 2. The number of rotatable bonds is 3.